The van der Waals surface area contributed by atoms with Gasteiger partial charge in [0.05, 0.1) is 0 Å². The zero-order valence-electron chi connectivity index (χ0n) is 10.2. The molecule has 0 heterocycles. The van der Waals surface area contributed by atoms with Gasteiger partial charge in [-0.15, -0.1) is 0 Å². The Hall–Kier alpha value is -2.16. The molecule has 3 heteroatoms. The zero-order valence-corrected chi connectivity index (χ0v) is 10.2. The molecule has 2 aromatic carbocycles. The molecule has 3 nitrogen and oxygen atoms in total. The summed E-state index contributed by atoms with van der Waals surface area (Å²) in [5.74, 6) is 0.296. The first kappa shape index (κ1) is 12.3. The number of aromatic hydroxyl groups is 3. The first-order valence-electron chi connectivity index (χ1n) is 5.93. The molecule has 0 fully saturated rings. The van der Waals surface area contributed by atoms with Crippen LogP contribution in [0.1, 0.15) is 30.4 Å². The van der Waals surface area contributed by atoms with Gasteiger partial charge >= 0.3 is 0 Å². The summed E-state index contributed by atoms with van der Waals surface area (Å²) in [4.78, 5) is 0. The topological polar surface area (TPSA) is 60.7 Å². The lowest BCUT2D eigenvalue weighted by Crippen LogP contribution is -2.00. The lowest BCUT2D eigenvalue weighted by Gasteiger charge is -2.18. The Kier molecular flexibility index (Phi) is 3.42. The van der Waals surface area contributed by atoms with Crippen LogP contribution in [0, 0.1) is 0 Å². The molecular weight excluding hydrogens is 228 g/mol. The van der Waals surface area contributed by atoms with Gasteiger partial charge in [0.15, 0.2) is 0 Å². The number of phenols is 3. The fraction of sp³-hybridized carbons (Fsp3) is 0.200. The Labute approximate surface area is 106 Å². The van der Waals surface area contributed by atoms with E-state index in [-0.39, 0.29) is 23.2 Å². The average molecular weight is 244 g/mol. The molecule has 18 heavy (non-hydrogen) atoms. The zero-order chi connectivity index (χ0) is 13.1. The van der Waals surface area contributed by atoms with Gasteiger partial charge in [-0.25, -0.2) is 0 Å². The van der Waals surface area contributed by atoms with Crippen LogP contribution in [-0.2, 0) is 0 Å². The maximum atomic E-state index is 9.90. The lowest BCUT2D eigenvalue weighted by molar-refractivity contribution is 0.444. The molecule has 0 spiro atoms. The first-order chi connectivity index (χ1) is 8.63. The maximum absolute atomic E-state index is 9.90. The summed E-state index contributed by atoms with van der Waals surface area (Å²) >= 11 is 0. The summed E-state index contributed by atoms with van der Waals surface area (Å²) in [6.07, 6.45) is 0.717. The third-order valence-electron chi connectivity index (χ3n) is 3.11. The van der Waals surface area contributed by atoms with E-state index in [0.717, 1.165) is 5.56 Å². The Morgan fingerprint density at radius 2 is 1.56 bits per heavy atom. The second-order valence-corrected chi connectivity index (χ2v) is 4.26. The molecule has 0 saturated heterocycles. The summed E-state index contributed by atoms with van der Waals surface area (Å²) in [5.41, 5.74) is 1.37. The van der Waals surface area contributed by atoms with Crippen molar-refractivity contribution in [3.63, 3.8) is 0 Å². The van der Waals surface area contributed by atoms with E-state index in [9.17, 15) is 15.3 Å². The molecule has 0 saturated carbocycles. The number of hydrogen-bond donors (Lipinski definition) is 3. The minimum Gasteiger partial charge on any atom is -0.508 e. The van der Waals surface area contributed by atoms with Crippen LogP contribution in [0.5, 0.6) is 17.2 Å². The van der Waals surface area contributed by atoms with Crippen LogP contribution in [0.25, 0.3) is 0 Å². The van der Waals surface area contributed by atoms with Crippen molar-refractivity contribution in [2.45, 2.75) is 19.3 Å². The predicted octanol–water partition coefficient (Wildman–Crippen LogP) is 3.35. The maximum Gasteiger partial charge on any atom is 0.119 e. The van der Waals surface area contributed by atoms with Crippen molar-refractivity contribution in [1.29, 1.82) is 0 Å². The van der Waals surface area contributed by atoms with E-state index >= 15 is 0 Å². The van der Waals surface area contributed by atoms with Crippen LogP contribution in [0.15, 0.2) is 42.5 Å². The predicted molar refractivity (Wildman–Crippen MR) is 70.0 cm³/mol. The van der Waals surface area contributed by atoms with Gasteiger partial charge in [0.25, 0.3) is 0 Å². The van der Waals surface area contributed by atoms with Crippen molar-refractivity contribution in [1.82, 2.24) is 0 Å². The van der Waals surface area contributed by atoms with Crippen LogP contribution in [0.4, 0.5) is 0 Å². The van der Waals surface area contributed by atoms with Crippen molar-refractivity contribution in [2.75, 3.05) is 0 Å². The van der Waals surface area contributed by atoms with Crippen LogP contribution in [0.2, 0.25) is 0 Å². The minimum absolute atomic E-state index is 0.108. The van der Waals surface area contributed by atoms with E-state index < -0.39 is 0 Å². The van der Waals surface area contributed by atoms with E-state index in [1.54, 1.807) is 12.1 Å². The van der Waals surface area contributed by atoms with Crippen molar-refractivity contribution in [3.05, 3.63) is 53.6 Å². The number of hydrogen-bond acceptors (Lipinski definition) is 3. The van der Waals surface area contributed by atoms with E-state index in [2.05, 4.69) is 0 Å². The van der Waals surface area contributed by atoms with Gasteiger partial charge in [-0.05, 0) is 30.7 Å². The molecular formula is C15H16O3. The van der Waals surface area contributed by atoms with Gasteiger partial charge in [-0.3, -0.25) is 0 Å². The fourth-order valence-electron chi connectivity index (χ4n) is 2.21. The summed E-state index contributed by atoms with van der Waals surface area (Å²) in [6, 6.07) is 11.5. The van der Waals surface area contributed by atoms with Crippen molar-refractivity contribution < 1.29 is 15.3 Å². The second kappa shape index (κ2) is 5.00. The minimum atomic E-state index is -0.140. The Balaban J connectivity index is 2.52. The third-order valence-corrected chi connectivity index (χ3v) is 3.11. The van der Waals surface area contributed by atoms with Gasteiger partial charge < -0.3 is 15.3 Å². The number of para-hydroxylation sites is 1. The van der Waals surface area contributed by atoms with Crippen LogP contribution >= 0.6 is 0 Å². The molecule has 2 aromatic rings. The lowest BCUT2D eigenvalue weighted by atomic mass is 9.88. The van der Waals surface area contributed by atoms with Gasteiger partial charge in [0.2, 0.25) is 0 Å². The molecule has 1 unspecified atom stereocenters. The summed E-state index contributed by atoms with van der Waals surface area (Å²) in [5, 5.41) is 29.3. The molecule has 1 atom stereocenters. The standard InChI is InChI=1S/C15H16O3/c1-2-11(12-5-3-4-6-14(12)17)13-9-10(16)7-8-15(13)18/h3-9,11,16-18H,2H2,1H3. The summed E-state index contributed by atoms with van der Waals surface area (Å²) < 4.78 is 0. The van der Waals surface area contributed by atoms with Crippen LogP contribution in [0.3, 0.4) is 0 Å². The van der Waals surface area contributed by atoms with Gasteiger partial charge in [0, 0.05) is 17.0 Å². The van der Waals surface area contributed by atoms with Gasteiger partial charge in [-0.2, -0.15) is 0 Å². The smallest absolute Gasteiger partial charge is 0.119 e. The van der Waals surface area contributed by atoms with Crippen molar-refractivity contribution in [2.24, 2.45) is 0 Å². The molecule has 0 amide bonds. The fourth-order valence-corrected chi connectivity index (χ4v) is 2.21. The second-order valence-electron chi connectivity index (χ2n) is 4.26. The third kappa shape index (κ3) is 2.25. The molecule has 0 aliphatic heterocycles. The highest BCUT2D eigenvalue weighted by atomic mass is 16.3. The Bertz CT molecular complexity index is 549. The number of benzene rings is 2. The van der Waals surface area contributed by atoms with E-state index in [4.69, 9.17) is 0 Å². The van der Waals surface area contributed by atoms with Crippen molar-refractivity contribution >= 4 is 0 Å². The number of rotatable bonds is 3. The monoisotopic (exact) mass is 244 g/mol. The molecule has 2 rings (SSSR count). The Morgan fingerprint density at radius 1 is 0.889 bits per heavy atom. The quantitative estimate of drug-likeness (QED) is 0.726. The highest BCUT2D eigenvalue weighted by molar-refractivity contribution is 5.48. The van der Waals surface area contributed by atoms with Gasteiger partial charge in [0.1, 0.15) is 17.2 Å². The Morgan fingerprint density at radius 3 is 2.22 bits per heavy atom. The first-order valence-corrected chi connectivity index (χ1v) is 5.93. The van der Waals surface area contributed by atoms with E-state index in [0.29, 0.717) is 12.0 Å². The van der Waals surface area contributed by atoms with Crippen LogP contribution in [-0.4, -0.2) is 15.3 Å². The normalized spacial score (nSPS) is 12.3. The number of phenolic OH excluding ortho intramolecular Hbond substituents is 3. The highest BCUT2D eigenvalue weighted by Gasteiger charge is 2.19. The molecule has 0 radical (unpaired) electrons. The largest absolute Gasteiger partial charge is 0.508 e. The summed E-state index contributed by atoms with van der Waals surface area (Å²) in [6.45, 7) is 1.97. The molecule has 3 N–H and O–H groups in total. The van der Waals surface area contributed by atoms with Crippen LogP contribution < -0.4 is 0 Å². The molecule has 0 aliphatic carbocycles. The molecule has 0 aromatic heterocycles. The SMILES string of the molecule is CCC(c1ccccc1O)c1cc(O)ccc1O. The highest BCUT2D eigenvalue weighted by Crippen LogP contribution is 2.38. The van der Waals surface area contributed by atoms with E-state index in [1.165, 1.54) is 18.2 Å². The summed E-state index contributed by atoms with van der Waals surface area (Å²) in [7, 11) is 0. The van der Waals surface area contributed by atoms with Gasteiger partial charge in [-0.1, -0.05) is 25.1 Å². The molecule has 94 valence electrons. The molecule has 0 aliphatic rings. The van der Waals surface area contributed by atoms with Crippen molar-refractivity contribution in [3.8, 4) is 17.2 Å². The molecule has 0 bridgehead atoms. The van der Waals surface area contributed by atoms with E-state index in [1.807, 2.05) is 19.1 Å². The average Bonchev–Trinajstić information content (AvgIpc) is 2.36.